The van der Waals surface area contributed by atoms with Gasteiger partial charge in [-0.05, 0) is 47.7 Å². The third kappa shape index (κ3) is 4.26. The molecule has 0 aliphatic heterocycles. The number of ether oxygens (including phenoxy) is 1. The van der Waals surface area contributed by atoms with Crippen LogP contribution in [0.3, 0.4) is 0 Å². The summed E-state index contributed by atoms with van der Waals surface area (Å²) in [5.74, 6) is -1.36. The van der Waals surface area contributed by atoms with Crippen LogP contribution in [0.5, 0.6) is 17.2 Å². The van der Waals surface area contributed by atoms with Crippen LogP contribution in [0.25, 0.3) is 11.1 Å². The van der Waals surface area contributed by atoms with Crippen molar-refractivity contribution in [1.82, 2.24) is 0 Å². The number of phenolic OH excluding ortho intramolecular Hbond substituents is 2. The highest BCUT2D eigenvalue weighted by Crippen LogP contribution is 2.47. The van der Waals surface area contributed by atoms with Crippen molar-refractivity contribution >= 4 is 22.9 Å². The molecule has 0 atom stereocenters. The summed E-state index contributed by atoms with van der Waals surface area (Å²) >= 11 is 0. The number of phenols is 2. The summed E-state index contributed by atoms with van der Waals surface area (Å²) in [6.45, 7) is 6.48. The van der Waals surface area contributed by atoms with Gasteiger partial charge in [0.2, 0.25) is 11.6 Å². The Hall–Kier alpha value is -4.00. The number of hydrogen-bond acceptors (Lipinski definition) is 7. The zero-order valence-corrected chi connectivity index (χ0v) is 20.9. The average molecular weight is 489 g/mol. The summed E-state index contributed by atoms with van der Waals surface area (Å²) in [5.41, 5.74) is 13.3. The van der Waals surface area contributed by atoms with Crippen LogP contribution >= 0.6 is 0 Å². The highest BCUT2D eigenvalue weighted by Gasteiger charge is 2.39. The number of carbonyl (C=O) groups excluding carboxylic acids is 2. The molecular weight excluding hydrogens is 456 g/mol. The van der Waals surface area contributed by atoms with Crippen molar-refractivity contribution in [1.29, 1.82) is 0 Å². The summed E-state index contributed by atoms with van der Waals surface area (Å²) < 4.78 is 5.79. The number of hydrogen-bond donors (Lipinski definition) is 4. The number of nitrogen functional groups attached to an aromatic ring is 2. The van der Waals surface area contributed by atoms with E-state index in [9.17, 15) is 19.8 Å². The molecule has 36 heavy (non-hydrogen) atoms. The number of carbonyl (C=O) groups is 2. The van der Waals surface area contributed by atoms with Crippen molar-refractivity contribution in [3.05, 3.63) is 64.2 Å². The van der Waals surface area contributed by atoms with Crippen LogP contribution in [0.2, 0.25) is 0 Å². The molecule has 0 unspecified atom stereocenters. The Morgan fingerprint density at radius 2 is 1.39 bits per heavy atom. The van der Waals surface area contributed by atoms with Crippen molar-refractivity contribution in [2.24, 2.45) is 0 Å². The zero-order chi connectivity index (χ0) is 26.1. The van der Waals surface area contributed by atoms with Gasteiger partial charge in [0.15, 0.2) is 0 Å². The first-order valence-corrected chi connectivity index (χ1v) is 12.3. The molecule has 4 rings (SSSR count). The van der Waals surface area contributed by atoms with Gasteiger partial charge in [0.1, 0.15) is 17.2 Å². The van der Waals surface area contributed by atoms with Gasteiger partial charge >= 0.3 is 0 Å². The van der Waals surface area contributed by atoms with Gasteiger partial charge in [0.25, 0.3) is 0 Å². The van der Waals surface area contributed by atoms with Gasteiger partial charge in [-0.2, -0.15) is 0 Å². The fourth-order valence-electron chi connectivity index (χ4n) is 4.70. The molecule has 3 aromatic rings. The van der Waals surface area contributed by atoms with Gasteiger partial charge in [-0.1, -0.05) is 52.2 Å². The predicted octanol–water partition coefficient (Wildman–Crippen LogP) is 5.79. The molecule has 7 heteroatoms. The summed E-state index contributed by atoms with van der Waals surface area (Å²) in [6, 6.07) is 10.1. The third-order valence-electron chi connectivity index (χ3n) is 6.65. The van der Waals surface area contributed by atoms with E-state index < -0.39 is 11.6 Å². The van der Waals surface area contributed by atoms with Crippen LogP contribution in [0, 0.1) is 0 Å². The Labute approximate surface area is 210 Å². The lowest BCUT2D eigenvalue weighted by atomic mass is 9.78. The van der Waals surface area contributed by atoms with E-state index in [0.29, 0.717) is 29.0 Å². The Morgan fingerprint density at radius 1 is 0.806 bits per heavy atom. The summed E-state index contributed by atoms with van der Waals surface area (Å²) in [7, 11) is 0. The normalized spacial score (nSPS) is 12.6. The Kier molecular flexibility index (Phi) is 6.93. The second-order valence-corrected chi connectivity index (χ2v) is 9.51. The van der Waals surface area contributed by atoms with Crippen molar-refractivity contribution in [2.45, 2.75) is 52.4 Å². The van der Waals surface area contributed by atoms with Crippen molar-refractivity contribution in [3.63, 3.8) is 0 Å². The molecule has 7 nitrogen and oxygen atoms in total. The first kappa shape index (κ1) is 25.1. The van der Waals surface area contributed by atoms with Crippen molar-refractivity contribution < 1.29 is 24.5 Å². The van der Waals surface area contributed by atoms with E-state index in [1.54, 1.807) is 24.3 Å². The molecule has 0 saturated heterocycles. The molecule has 0 aromatic heterocycles. The van der Waals surface area contributed by atoms with Crippen LogP contribution in [0.4, 0.5) is 11.4 Å². The lowest BCUT2D eigenvalue weighted by Crippen LogP contribution is -2.25. The maximum absolute atomic E-state index is 13.5. The molecule has 3 aromatic carbocycles. The number of nitrogens with two attached hydrogens (primary N) is 2. The highest BCUT2D eigenvalue weighted by molar-refractivity contribution is 6.34. The Bertz CT molecular complexity index is 1340. The van der Waals surface area contributed by atoms with Crippen LogP contribution in [0.1, 0.15) is 89.8 Å². The number of ketones is 2. The molecule has 0 bridgehead atoms. The Morgan fingerprint density at radius 3 is 1.97 bits per heavy atom. The van der Waals surface area contributed by atoms with Gasteiger partial charge in [-0.25, -0.2) is 0 Å². The molecule has 1 aliphatic rings. The van der Waals surface area contributed by atoms with Crippen molar-refractivity contribution in [2.75, 3.05) is 18.1 Å². The molecule has 6 N–H and O–H groups in total. The number of fused-ring (bicyclic) bond motifs is 2. The minimum absolute atomic E-state index is 0.0333. The minimum Gasteiger partial charge on any atom is -0.507 e. The SMILES string of the molecule is CCCCCCOc1ccc(-c2cc(N)c3c(c2O)C(=O)c2c(N)cc(C(C)C)c(O)c2C3=O)cc1. The van der Waals surface area contributed by atoms with Gasteiger partial charge in [0, 0.05) is 16.9 Å². The third-order valence-corrected chi connectivity index (χ3v) is 6.65. The molecule has 1 aliphatic carbocycles. The maximum Gasteiger partial charge on any atom is 0.200 e. The van der Waals surface area contributed by atoms with Crippen LogP contribution in [-0.4, -0.2) is 28.4 Å². The lowest BCUT2D eigenvalue weighted by Gasteiger charge is -2.25. The number of unbranched alkanes of at least 4 members (excludes halogenated alkanes) is 3. The van der Waals surface area contributed by atoms with Gasteiger partial charge in [-0.3, -0.25) is 9.59 Å². The minimum atomic E-state index is -0.652. The summed E-state index contributed by atoms with van der Waals surface area (Å²) in [6.07, 6.45) is 4.44. The largest absolute Gasteiger partial charge is 0.507 e. The van der Waals surface area contributed by atoms with E-state index in [0.717, 1.165) is 19.3 Å². The smallest absolute Gasteiger partial charge is 0.200 e. The number of anilines is 2. The predicted molar refractivity (Wildman–Crippen MR) is 141 cm³/mol. The molecule has 0 fully saturated rings. The van der Waals surface area contributed by atoms with Gasteiger partial charge < -0.3 is 26.4 Å². The van der Waals surface area contributed by atoms with Crippen LogP contribution in [-0.2, 0) is 0 Å². The van der Waals surface area contributed by atoms with E-state index in [1.165, 1.54) is 18.6 Å². The van der Waals surface area contributed by atoms with Crippen LogP contribution < -0.4 is 16.2 Å². The number of rotatable bonds is 8. The second kappa shape index (κ2) is 9.93. The fourth-order valence-corrected chi connectivity index (χ4v) is 4.70. The van der Waals surface area contributed by atoms with E-state index >= 15 is 0 Å². The van der Waals surface area contributed by atoms with E-state index in [1.807, 2.05) is 13.8 Å². The maximum atomic E-state index is 13.5. The monoisotopic (exact) mass is 488 g/mol. The van der Waals surface area contributed by atoms with Crippen molar-refractivity contribution in [3.8, 4) is 28.4 Å². The first-order valence-electron chi connectivity index (χ1n) is 12.3. The molecule has 0 radical (unpaired) electrons. The van der Waals surface area contributed by atoms with E-state index in [4.69, 9.17) is 16.2 Å². The molecule has 0 heterocycles. The van der Waals surface area contributed by atoms with Crippen LogP contribution in [0.15, 0.2) is 36.4 Å². The van der Waals surface area contributed by atoms with Gasteiger partial charge in [0.05, 0.1) is 28.9 Å². The fraction of sp³-hybridized carbons (Fsp3) is 0.310. The summed E-state index contributed by atoms with van der Waals surface area (Å²) in [4.78, 5) is 27.0. The highest BCUT2D eigenvalue weighted by atomic mass is 16.5. The molecule has 188 valence electrons. The standard InChI is InChI=1S/C29H32N2O5/c1-4-5-6-7-12-36-17-10-8-16(9-11-17)19-14-21(31)23-25(27(19)33)29(35)22-20(30)13-18(15(2)3)26(32)24(22)28(23)34/h8-11,13-15,32-33H,4-7,12,30-31H2,1-3H3. The molecule has 0 saturated carbocycles. The quantitative estimate of drug-likeness (QED) is 0.140. The zero-order valence-electron chi connectivity index (χ0n) is 20.9. The molecular formula is C29H32N2O5. The summed E-state index contributed by atoms with van der Waals surface area (Å²) in [5, 5.41) is 22.0. The van der Waals surface area contributed by atoms with E-state index in [-0.39, 0.29) is 51.0 Å². The molecule has 0 spiro atoms. The first-order chi connectivity index (χ1) is 17.2. The number of aromatic hydroxyl groups is 2. The van der Waals surface area contributed by atoms with E-state index in [2.05, 4.69) is 6.92 Å². The Balaban J connectivity index is 1.73. The lowest BCUT2D eigenvalue weighted by molar-refractivity contribution is 0.0975. The topological polar surface area (TPSA) is 136 Å². The number of benzene rings is 3. The molecule has 0 amide bonds. The van der Waals surface area contributed by atoms with Gasteiger partial charge in [-0.15, -0.1) is 0 Å². The average Bonchev–Trinajstić information content (AvgIpc) is 2.84. The second-order valence-electron chi connectivity index (χ2n) is 9.51.